The Morgan fingerprint density at radius 3 is 2.32 bits per heavy atom. The number of amides is 1. The van der Waals surface area contributed by atoms with Gasteiger partial charge in [-0.25, -0.2) is 9.59 Å². The van der Waals surface area contributed by atoms with Crippen molar-refractivity contribution in [2.24, 2.45) is 0 Å². The van der Waals surface area contributed by atoms with Crippen LogP contribution in [0.3, 0.4) is 0 Å². The summed E-state index contributed by atoms with van der Waals surface area (Å²) >= 11 is 0. The lowest BCUT2D eigenvalue weighted by molar-refractivity contribution is -0.139. The number of rotatable bonds is 6. The number of carboxylic acids is 1. The molecule has 0 saturated carbocycles. The summed E-state index contributed by atoms with van der Waals surface area (Å²) in [5.41, 5.74) is 0.495. The van der Waals surface area contributed by atoms with E-state index in [0.29, 0.717) is 12.3 Å². The zero-order chi connectivity index (χ0) is 16.8. The molecule has 0 bridgehead atoms. The fourth-order valence-electron chi connectivity index (χ4n) is 1.71. The van der Waals surface area contributed by atoms with Crippen molar-refractivity contribution in [3.8, 4) is 5.75 Å². The molecular formula is C16H23NO5. The Kier molecular flexibility index (Phi) is 6.22. The lowest BCUT2D eigenvalue weighted by Gasteiger charge is -2.21. The summed E-state index contributed by atoms with van der Waals surface area (Å²) in [4.78, 5) is 22.0. The van der Waals surface area contributed by atoms with Gasteiger partial charge in [0.15, 0.2) is 6.61 Å². The highest BCUT2D eigenvalue weighted by Gasteiger charge is 2.16. The van der Waals surface area contributed by atoms with E-state index in [0.717, 1.165) is 5.56 Å². The maximum absolute atomic E-state index is 11.6. The summed E-state index contributed by atoms with van der Waals surface area (Å²) < 4.78 is 10.2. The molecular weight excluding hydrogens is 286 g/mol. The van der Waals surface area contributed by atoms with Crippen molar-refractivity contribution in [1.29, 1.82) is 0 Å². The molecule has 1 atom stereocenters. The summed E-state index contributed by atoms with van der Waals surface area (Å²) in [6, 6.07) is 7.11. The molecule has 1 rings (SSSR count). The van der Waals surface area contributed by atoms with E-state index in [4.69, 9.17) is 14.6 Å². The molecule has 22 heavy (non-hydrogen) atoms. The molecule has 1 aromatic rings. The van der Waals surface area contributed by atoms with Crippen LogP contribution >= 0.6 is 0 Å². The molecule has 0 aromatic heterocycles. The Labute approximate surface area is 130 Å². The first-order valence-electron chi connectivity index (χ1n) is 7.09. The minimum absolute atomic E-state index is 0.0982. The molecule has 0 radical (unpaired) electrons. The second-order valence-electron chi connectivity index (χ2n) is 6.04. The SMILES string of the molecule is CC(CNC(=O)OC(C)(C)C)c1ccc(OCC(=O)O)cc1. The van der Waals surface area contributed by atoms with Crippen molar-refractivity contribution in [2.45, 2.75) is 39.2 Å². The van der Waals surface area contributed by atoms with Crippen molar-refractivity contribution in [2.75, 3.05) is 13.2 Å². The zero-order valence-electron chi connectivity index (χ0n) is 13.4. The van der Waals surface area contributed by atoms with E-state index >= 15 is 0 Å². The molecule has 0 fully saturated rings. The molecule has 6 heteroatoms. The van der Waals surface area contributed by atoms with Crippen molar-refractivity contribution < 1.29 is 24.2 Å². The van der Waals surface area contributed by atoms with Gasteiger partial charge in [0.25, 0.3) is 0 Å². The van der Waals surface area contributed by atoms with Gasteiger partial charge in [-0.1, -0.05) is 19.1 Å². The van der Waals surface area contributed by atoms with E-state index in [1.807, 2.05) is 39.8 Å². The first-order chi connectivity index (χ1) is 10.2. The lowest BCUT2D eigenvalue weighted by Crippen LogP contribution is -2.34. The van der Waals surface area contributed by atoms with Gasteiger partial charge in [-0.3, -0.25) is 0 Å². The minimum atomic E-state index is -1.01. The molecule has 6 nitrogen and oxygen atoms in total. The van der Waals surface area contributed by atoms with Crippen LogP contribution in [0.4, 0.5) is 4.79 Å². The lowest BCUT2D eigenvalue weighted by atomic mass is 10.0. The van der Waals surface area contributed by atoms with Gasteiger partial charge in [0.05, 0.1) is 0 Å². The highest BCUT2D eigenvalue weighted by Crippen LogP contribution is 2.19. The predicted molar refractivity (Wildman–Crippen MR) is 82.2 cm³/mol. The molecule has 0 aliphatic carbocycles. The smallest absolute Gasteiger partial charge is 0.407 e. The van der Waals surface area contributed by atoms with Gasteiger partial charge in [0.2, 0.25) is 0 Å². The average molecular weight is 309 g/mol. The third kappa shape index (κ3) is 6.97. The van der Waals surface area contributed by atoms with E-state index in [1.54, 1.807) is 12.1 Å². The van der Waals surface area contributed by atoms with Crippen LogP contribution in [0.5, 0.6) is 5.75 Å². The molecule has 0 saturated heterocycles. The second-order valence-corrected chi connectivity index (χ2v) is 6.04. The number of ether oxygens (including phenoxy) is 2. The van der Waals surface area contributed by atoms with Crippen LogP contribution in [0, 0.1) is 0 Å². The third-order valence-electron chi connectivity index (χ3n) is 2.76. The first kappa shape index (κ1) is 17.8. The number of carbonyl (C=O) groups excluding carboxylic acids is 1. The molecule has 2 N–H and O–H groups in total. The van der Waals surface area contributed by atoms with Gasteiger partial charge in [0.1, 0.15) is 11.4 Å². The van der Waals surface area contributed by atoms with Gasteiger partial charge in [-0.15, -0.1) is 0 Å². The number of aliphatic carboxylic acids is 1. The molecule has 122 valence electrons. The maximum Gasteiger partial charge on any atom is 0.407 e. The first-order valence-corrected chi connectivity index (χ1v) is 7.09. The number of carboxylic acid groups (broad SMARTS) is 1. The number of benzene rings is 1. The summed E-state index contributed by atoms with van der Waals surface area (Å²) in [5, 5.41) is 11.3. The summed E-state index contributed by atoms with van der Waals surface area (Å²) in [7, 11) is 0. The van der Waals surface area contributed by atoms with E-state index in [2.05, 4.69) is 5.32 Å². The van der Waals surface area contributed by atoms with E-state index in [9.17, 15) is 9.59 Å². The van der Waals surface area contributed by atoms with Crippen LogP contribution in [0.2, 0.25) is 0 Å². The molecule has 0 aliphatic rings. The highest BCUT2D eigenvalue weighted by atomic mass is 16.6. The van der Waals surface area contributed by atoms with E-state index < -0.39 is 17.7 Å². The Morgan fingerprint density at radius 2 is 1.82 bits per heavy atom. The highest BCUT2D eigenvalue weighted by molar-refractivity contribution is 5.68. The van der Waals surface area contributed by atoms with Gasteiger partial charge in [0, 0.05) is 6.54 Å². The van der Waals surface area contributed by atoms with Crippen LogP contribution in [0.15, 0.2) is 24.3 Å². The molecule has 1 amide bonds. The van der Waals surface area contributed by atoms with Crippen molar-refractivity contribution >= 4 is 12.1 Å². The number of hydrogen-bond donors (Lipinski definition) is 2. The minimum Gasteiger partial charge on any atom is -0.482 e. The van der Waals surface area contributed by atoms with Crippen molar-refractivity contribution in [3.05, 3.63) is 29.8 Å². The van der Waals surface area contributed by atoms with Crippen LogP contribution in [0.25, 0.3) is 0 Å². The molecule has 0 heterocycles. The second kappa shape index (κ2) is 7.68. The zero-order valence-corrected chi connectivity index (χ0v) is 13.4. The molecule has 0 spiro atoms. The Morgan fingerprint density at radius 1 is 1.23 bits per heavy atom. The topological polar surface area (TPSA) is 84.9 Å². The standard InChI is InChI=1S/C16H23NO5/c1-11(9-17-15(20)22-16(2,3)4)12-5-7-13(8-6-12)21-10-14(18)19/h5-8,11H,9-10H2,1-4H3,(H,17,20)(H,18,19). The van der Waals surface area contributed by atoms with E-state index in [1.165, 1.54) is 0 Å². The Balaban J connectivity index is 2.47. The number of nitrogens with one attached hydrogen (secondary N) is 1. The monoisotopic (exact) mass is 309 g/mol. The Hall–Kier alpha value is -2.24. The number of alkyl carbamates (subject to hydrolysis) is 1. The maximum atomic E-state index is 11.6. The fraction of sp³-hybridized carbons (Fsp3) is 0.500. The number of hydrogen-bond acceptors (Lipinski definition) is 4. The van der Waals surface area contributed by atoms with Crippen LogP contribution in [0.1, 0.15) is 39.2 Å². The van der Waals surface area contributed by atoms with Gasteiger partial charge in [-0.2, -0.15) is 0 Å². The average Bonchev–Trinajstić information content (AvgIpc) is 2.41. The molecule has 1 unspecified atom stereocenters. The summed E-state index contributed by atoms with van der Waals surface area (Å²) in [6.07, 6.45) is -0.444. The normalized spacial score (nSPS) is 12.4. The quantitative estimate of drug-likeness (QED) is 0.844. The van der Waals surface area contributed by atoms with Gasteiger partial charge < -0.3 is 19.9 Å². The van der Waals surface area contributed by atoms with Crippen LogP contribution in [-0.4, -0.2) is 35.9 Å². The largest absolute Gasteiger partial charge is 0.482 e. The van der Waals surface area contributed by atoms with E-state index in [-0.39, 0.29) is 12.5 Å². The van der Waals surface area contributed by atoms with Gasteiger partial charge >= 0.3 is 12.1 Å². The fourth-order valence-corrected chi connectivity index (χ4v) is 1.71. The summed E-state index contributed by atoms with van der Waals surface area (Å²) in [6.45, 7) is 7.49. The van der Waals surface area contributed by atoms with Crippen molar-refractivity contribution in [3.63, 3.8) is 0 Å². The van der Waals surface area contributed by atoms with Crippen LogP contribution < -0.4 is 10.1 Å². The number of carbonyl (C=O) groups is 2. The Bertz CT molecular complexity index is 504. The predicted octanol–water partition coefficient (Wildman–Crippen LogP) is 2.78. The van der Waals surface area contributed by atoms with Crippen molar-refractivity contribution in [1.82, 2.24) is 5.32 Å². The summed E-state index contributed by atoms with van der Waals surface area (Å²) in [5.74, 6) is -0.418. The third-order valence-corrected chi connectivity index (χ3v) is 2.76. The molecule has 0 aliphatic heterocycles. The van der Waals surface area contributed by atoms with Gasteiger partial charge in [-0.05, 0) is 44.4 Å². The van der Waals surface area contributed by atoms with Crippen LogP contribution in [-0.2, 0) is 9.53 Å². The molecule has 1 aromatic carbocycles.